The average Bonchev–Trinajstić information content (AvgIpc) is 3.26. The molecule has 8 aromatic rings. The lowest BCUT2D eigenvalue weighted by Gasteiger charge is -2.13. The number of fused-ring (bicyclic) bond motifs is 6. The third-order valence-electron chi connectivity index (χ3n) is 7.06. The van der Waals surface area contributed by atoms with E-state index in [0.29, 0.717) is 11.3 Å². The number of hydrogen-bond donors (Lipinski definition) is 0. The van der Waals surface area contributed by atoms with E-state index < -0.39 is 0 Å². The predicted octanol–water partition coefficient (Wildman–Crippen LogP) is 7.49. The maximum absolute atomic E-state index is 5.08. The zero-order valence-electron chi connectivity index (χ0n) is 19.7. The smallest absolute Gasteiger partial charge is 0.199 e. The van der Waals surface area contributed by atoms with Gasteiger partial charge in [0.05, 0.1) is 11.0 Å². The number of aromatic nitrogens is 5. The number of rotatable bonds is 2. The molecule has 0 saturated heterocycles. The van der Waals surface area contributed by atoms with E-state index in [4.69, 9.17) is 9.97 Å². The van der Waals surface area contributed by atoms with Crippen molar-refractivity contribution in [1.82, 2.24) is 24.5 Å². The molecule has 172 valence electrons. The van der Waals surface area contributed by atoms with E-state index in [1.54, 1.807) is 12.4 Å². The van der Waals surface area contributed by atoms with Gasteiger partial charge in [0.15, 0.2) is 17.1 Å². The van der Waals surface area contributed by atoms with Crippen LogP contribution in [0.5, 0.6) is 0 Å². The van der Waals surface area contributed by atoms with Gasteiger partial charge in [-0.25, -0.2) is 19.9 Å². The van der Waals surface area contributed by atoms with Crippen LogP contribution in [0.15, 0.2) is 116 Å². The van der Waals surface area contributed by atoms with E-state index in [0.717, 1.165) is 28.1 Å². The molecule has 0 atom stereocenters. The minimum Gasteiger partial charge on any atom is -0.292 e. The molecule has 0 aliphatic heterocycles. The van der Waals surface area contributed by atoms with Crippen LogP contribution in [0.2, 0.25) is 0 Å². The number of hydrogen-bond acceptors (Lipinski definition) is 4. The highest BCUT2D eigenvalue weighted by atomic mass is 15.1. The molecular weight excluding hydrogens is 454 g/mol. The Morgan fingerprint density at radius 2 is 0.973 bits per heavy atom. The third-order valence-corrected chi connectivity index (χ3v) is 7.06. The van der Waals surface area contributed by atoms with E-state index in [9.17, 15) is 0 Å². The van der Waals surface area contributed by atoms with Crippen LogP contribution in [-0.2, 0) is 0 Å². The summed E-state index contributed by atoms with van der Waals surface area (Å²) in [5, 5.41) is 7.14. The fourth-order valence-electron chi connectivity index (χ4n) is 5.35. The SMILES string of the molecule is c1ccc(-c2nc3nccnc3nc2-n2c3cc4ccccc4cc3c3cc4ccccc4cc32)cc1. The second kappa shape index (κ2) is 7.67. The highest BCUT2D eigenvalue weighted by Gasteiger charge is 2.20. The van der Waals surface area contributed by atoms with E-state index in [1.807, 2.05) is 18.2 Å². The number of benzene rings is 5. The summed E-state index contributed by atoms with van der Waals surface area (Å²) in [7, 11) is 0. The molecule has 37 heavy (non-hydrogen) atoms. The highest BCUT2D eigenvalue weighted by Crippen LogP contribution is 2.38. The summed E-state index contributed by atoms with van der Waals surface area (Å²) in [5.74, 6) is 0.741. The van der Waals surface area contributed by atoms with Crippen LogP contribution in [0.1, 0.15) is 0 Å². The Hall–Kier alpha value is -5.16. The topological polar surface area (TPSA) is 56.5 Å². The van der Waals surface area contributed by atoms with E-state index in [-0.39, 0.29) is 0 Å². The van der Waals surface area contributed by atoms with Crippen molar-refractivity contribution in [3.05, 3.63) is 116 Å². The second-order valence-corrected chi connectivity index (χ2v) is 9.23. The molecule has 8 rings (SSSR count). The Balaban J connectivity index is 1.60. The highest BCUT2D eigenvalue weighted by molar-refractivity contribution is 6.16. The monoisotopic (exact) mass is 473 g/mol. The Bertz CT molecular complexity index is 2050. The van der Waals surface area contributed by atoms with Crippen LogP contribution in [0.3, 0.4) is 0 Å². The molecule has 5 aromatic carbocycles. The summed E-state index contributed by atoms with van der Waals surface area (Å²) >= 11 is 0. The van der Waals surface area contributed by atoms with Crippen LogP contribution >= 0.6 is 0 Å². The van der Waals surface area contributed by atoms with E-state index >= 15 is 0 Å². The molecule has 0 radical (unpaired) electrons. The molecule has 0 aliphatic carbocycles. The second-order valence-electron chi connectivity index (χ2n) is 9.23. The molecule has 0 saturated carbocycles. The zero-order valence-corrected chi connectivity index (χ0v) is 19.7. The van der Waals surface area contributed by atoms with Gasteiger partial charge in [-0.15, -0.1) is 0 Å². The minimum atomic E-state index is 0.522. The summed E-state index contributed by atoms with van der Waals surface area (Å²) in [6.45, 7) is 0. The fraction of sp³-hybridized carbons (Fsp3) is 0. The molecular formula is C32H19N5. The molecule has 0 amide bonds. The van der Waals surface area contributed by atoms with Crippen molar-refractivity contribution in [3.8, 4) is 17.1 Å². The molecule has 0 unspecified atom stereocenters. The molecule has 5 nitrogen and oxygen atoms in total. The van der Waals surface area contributed by atoms with Crippen molar-refractivity contribution in [2.45, 2.75) is 0 Å². The quantitative estimate of drug-likeness (QED) is 0.261. The molecule has 0 spiro atoms. The van der Waals surface area contributed by atoms with Crippen molar-refractivity contribution >= 4 is 54.6 Å². The first-order valence-electron chi connectivity index (χ1n) is 12.2. The molecule has 0 aliphatic rings. The largest absolute Gasteiger partial charge is 0.292 e. The predicted molar refractivity (Wildman–Crippen MR) is 150 cm³/mol. The summed E-state index contributed by atoms with van der Waals surface area (Å²) < 4.78 is 2.24. The lowest BCUT2D eigenvalue weighted by Crippen LogP contribution is -2.05. The van der Waals surface area contributed by atoms with Crippen molar-refractivity contribution in [3.63, 3.8) is 0 Å². The van der Waals surface area contributed by atoms with Gasteiger partial charge in [0.25, 0.3) is 0 Å². The summed E-state index contributed by atoms with van der Waals surface area (Å²) in [5.41, 5.74) is 4.97. The van der Waals surface area contributed by atoms with Crippen molar-refractivity contribution in [2.75, 3.05) is 0 Å². The summed E-state index contributed by atoms with van der Waals surface area (Å²) in [6, 6.07) is 36.2. The first-order valence-corrected chi connectivity index (χ1v) is 12.2. The standard InChI is InChI=1S/C32H19N5/c1-2-8-20(9-3-1)29-32(36-31-30(35-29)33-14-15-34-31)37-27-18-23-12-6-4-10-21(23)16-25(27)26-17-22-11-5-7-13-24(22)19-28(26)37/h1-19H. The Morgan fingerprint density at radius 1 is 0.486 bits per heavy atom. The van der Waals surface area contributed by atoms with Crippen LogP contribution < -0.4 is 0 Å². The van der Waals surface area contributed by atoms with Crippen LogP contribution in [0.4, 0.5) is 0 Å². The van der Waals surface area contributed by atoms with Crippen molar-refractivity contribution in [2.24, 2.45) is 0 Å². The van der Waals surface area contributed by atoms with Gasteiger partial charge in [-0.2, -0.15) is 0 Å². The lowest BCUT2D eigenvalue weighted by molar-refractivity contribution is 1.05. The van der Waals surface area contributed by atoms with Gasteiger partial charge in [0.1, 0.15) is 5.69 Å². The molecule has 0 fully saturated rings. The Morgan fingerprint density at radius 3 is 1.54 bits per heavy atom. The maximum atomic E-state index is 5.08. The van der Waals surface area contributed by atoms with Gasteiger partial charge >= 0.3 is 0 Å². The third kappa shape index (κ3) is 3.04. The molecule has 0 bridgehead atoms. The maximum Gasteiger partial charge on any atom is 0.199 e. The van der Waals surface area contributed by atoms with Crippen LogP contribution in [0.25, 0.3) is 71.7 Å². The van der Waals surface area contributed by atoms with Crippen LogP contribution in [0, 0.1) is 0 Å². The molecule has 3 heterocycles. The first kappa shape index (κ1) is 20.1. The summed E-state index contributed by atoms with van der Waals surface area (Å²) in [6.07, 6.45) is 3.32. The zero-order chi connectivity index (χ0) is 24.3. The molecule has 5 heteroatoms. The van der Waals surface area contributed by atoms with Gasteiger partial charge in [-0.3, -0.25) is 4.57 Å². The van der Waals surface area contributed by atoms with Gasteiger partial charge in [-0.05, 0) is 45.8 Å². The molecule has 0 N–H and O–H groups in total. The van der Waals surface area contributed by atoms with E-state index in [1.165, 1.54) is 32.3 Å². The normalized spacial score (nSPS) is 11.8. The average molecular weight is 474 g/mol. The first-order chi connectivity index (χ1) is 18.3. The Labute approximate surface area is 211 Å². The van der Waals surface area contributed by atoms with E-state index in [2.05, 4.69) is 99.5 Å². The number of nitrogens with zero attached hydrogens (tertiary/aromatic N) is 5. The fourth-order valence-corrected chi connectivity index (χ4v) is 5.35. The van der Waals surface area contributed by atoms with Crippen LogP contribution in [-0.4, -0.2) is 24.5 Å². The molecule has 3 aromatic heterocycles. The minimum absolute atomic E-state index is 0.522. The van der Waals surface area contributed by atoms with Crippen molar-refractivity contribution < 1.29 is 0 Å². The van der Waals surface area contributed by atoms with Gasteiger partial charge in [0, 0.05) is 28.7 Å². The van der Waals surface area contributed by atoms with Gasteiger partial charge in [0.2, 0.25) is 0 Å². The lowest BCUT2D eigenvalue weighted by atomic mass is 10.0. The van der Waals surface area contributed by atoms with Gasteiger partial charge in [-0.1, -0.05) is 78.9 Å². The summed E-state index contributed by atoms with van der Waals surface area (Å²) in [4.78, 5) is 19.0. The Kier molecular flexibility index (Phi) is 4.16. The van der Waals surface area contributed by atoms with Crippen molar-refractivity contribution in [1.29, 1.82) is 0 Å². The van der Waals surface area contributed by atoms with Gasteiger partial charge < -0.3 is 0 Å².